The van der Waals surface area contributed by atoms with Crippen LogP contribution in [-0.2, 0) is 16.0 Å². The van der Waals surface area contributed by atoms with Crippen LogP contribution in [0.2, 0.25) is 0 Å². The number of rotatable bonds is 7. The zero-order chi connectivity index (χ0) is 19.6. The van der Waals surface area contributed by atoms with Crippen LogP contribution >= 0.6 is 0 Å². The summed E-state index contributed by atoms with van der Waals surface area (Å²) in [6, 6.07) is 6.14. The van der Waals surface area contributed by atoms with Gasteiger partial charge in [0, 0.05) is 17.9 Å². The first-order chi connectivity index (χ1) is 12.8. The van der Waals surface area contributed by atoms with Crippen molar-refractivity contribution in [2.24, 2.45) is 11.8 Å². The molecule has 4 heteroatoms. The molecule has 0 aromatic heterocycles. The van der Waals surface area contributed by atoms with Gasteiger partial charge in [-0.05, 0) is 69.6 Å². The van der Waals surface area contributed by atoms with E-state index < -0.39 is 5.97 Å². The second kappa shape index (κ2) is 8.22. The highest BCUT2D eigenvalue weighted by Crippen LogP contribution is 2.52. The third-order valence-corrected chi connectivity index (χ3v) is 6.22. The van der Waals surface area contributed by atoms with Gasteiger partial charge in [-0.25, -0.2) is 0 Å². The zero-order valence-electron chi connectivity index (χ0n) is 17.2. The fraction of sp³-hybridized carbons (Fsp3) is 0.696. The van der Waals surface area contributed by atoms with Crippen LogP contribution < -0.4 is 4.74 Å². The van der Waals surface area contributed by atoms with Gasteiger partial charge in [-0.15, -0.1) is 0 Å². The molecule has 4 nitrogen and oxygen atoms in total. The lowest BCUT2D eigenvalue weighted by atomic mass is 9.72. The Morgan fingerprint density at radius 2 is 2.11 bits per heavy atom. The highest BCUT2D eigenvalue weighted by atomic mass is 16.5. The lowest BCUT2D eigenvalue weighted by Crippen LogP contribution is -2.50. The van der Waals surface area contributed by atoms with Gasteiger partial charge in [-0.2, -0.15) is 0 Å². The number of hydrogen-bond acceptors (Lipinski definition) is 3. The molecule has 3 rings (SSSR count). The van der Waals surface area contributed by atoms with Crippen molar-refractivity contribution in [3.05, 3.63) is 29.3 Å². The number of carboxylic acid groups (broad SMARTS) is 1. The van der Waals surface area contributed by atoms with E-state index in [4.69, 9.17) is 14.6 Å². The summed E-state index contributed by atoms with van der Waals surface area (Å²) < 4.78 is 13.0. The van der Waals surface area contributed by atoms with Crippen LogP contribution in [0.25, 0.3) is 0 Å². The fourth-order valence-electron chi connectivity index (χ4n) is 4.64. The van der Waals surface area contributed by atoms with Crippen molar-refractivity contribution < 1.29 is 19.4 Å². The molecule has 1 saturated heterocycles. The largest absolute Gasteiger partial charge is 0.487 e. The highest BCUT2D eigenvalue weighted by Gasteiger charge is 2.49. The SMILES string of the molecule is CC(C)CCC[C@]1(C)Oc2ccc(CCC(=O)O)cc2[C@@H]2O[C@H](C)CC[C@H]21. The molecule has 1 N–H and O–H groups in total. The van der Waals surface area contributed by atoms with Crippen LogP contribution in [0.15, 0.2) is 18.2 Å². The fourth-order valence-corrected chi connectivity index (χ4v) is 4.64. The summed E-state index contributed by atoms with van der Waals surface area (Å²) in [5, 5.41) is 8.98. The molecule has 1 aromatic rings. The average Bonchev–Trinajstić information content (AvgIpc) is 2.59. The Morgan fingerprint density at radius 3 is 2.81 bits per heavy atom. The van der Waals surface area contributed by atoms with Gasteiger partial charge in [0.2, 0.25) is 0 Å². The van der Waals surface area contributed by atoms with Crippen LogP contribution in [0, 0.1) is 11.8 Å². The Kier molecular flexibility index (Phi) is 6.15. The predicted molar refractivity (Wildman–Crippen MR) is 106 cm³/mol. The van der Waals surface area contributed by atoms with E-state index in [0.717, 1.165) is 36.1 Å². The molecule has 0 aliphatic carbocycles. The molecular formula is C23H34O4. The van der Waals surface area contributed by atoms with Crippen molar-refractivity contribution in [1.82, 2.24) is 0 Å². The molecule has 0 radical (unpaired) electrons. The predicted octanol–water partition coefficient (Wildman–Crippen LogP) is 5.54. The molecule has 0 unspecified atom stereocenters. The van der Waals surface area contributed by atoms with Crippen molar-refractivity contribution in [1.29, 1.82) is 0 Å². The standard InChI is InChI=1S/C23H34O4/c1-15(2)6-5-13-23(4)19-10-7-16(3)26-22(19)18-14-17(9-12-21(24)25)8-11-20(18)27-23/h8,11,14-16,19,22H,5-7,9-10,12-13H2,1-4H3,(H,24,25)/t16-,19-,22+,23+/m1/s1. The van der Waals surface area contributed by atoms with Crippen molar-refractivity contribution in [3.8, 4) is 5.75 Å². The molecule has 1 fully saturated rings. The molecule has 1 aromatic carbocycles. The molecule has 0 amide bonds. The quantitative estimate of drug-likeness (QED) is 0.681. The third kappa shape index (κ3) is 4.66. The second-order valence-electron chi connectivity index (χ2n) is 9.02. The van der Waals surface area contributed by atoms with Crippen molar-refractivity contribution in [2.75, 3.05) is 0 Å². The molecule has 4 atom stereocenters. The molecule has 2 heterocycles. The van der Waals surface area contributed by atoms with Gasteiger partial charge >= 0.3 is 5.97 Å². The summed E-state index contributed by atoms with van der Waals surface area (Å²) in [6.45, 7) is 8.94. The third-order valence-electron chi connectivity index (χ3n) is 6.22. The maximum Gasteiger partial charge on any atom is 0.303 e. The molecule has 27 heavy (non-hydrogen) atoms. The van der Waals surface area contributed by atoms with Gasteiger partial charge in [0.05, 0.1) is 12.2 Å². The minimum absolute atomic E-state index is 0.0475. The van der Waals surface area contributed by atoms with Crippen LogP contribution in [0.5, 0.6) is 5.75 Å². The zero-order valence-corrected chi connectivity index (χ0v) is 17.2. The summed E-state index contributed by atoms with van der Waals surface area (Å²) in [5.41, 5.74) is 1.95. The highest BCUT2D eigenvalue weighted by molar-refractivity contribution is 5.67. The van der Waals surface area contributed by atoms with E-state index in [-0.39, 0.29) is 24.2 Å². The minimum Gasteiger partial charge on any atom is -0.487 e. The van der Waals surface area contributed by atoms with Gasteiger partial charge in [0.25, 0.3) is 0 Å². The molecule has 2 aliphatic heterocycles. The Labute approximate surface area is 163 Å². The van der Waals surface area contributed by atoms with Crippen molar-refractivity contribution in [2.45, 2.75) is 90.4 Å². The van der Waals surface area contributed by atoms with E-state index in [9.17, 15) is 4.79 Å². The van der Waals surface area contributed by atoms with Gasteiger partial charge in [-0.3, -0.25) is 4.79 Å². The first-order valence-electron chi connectivity index (χ1n) is 10.5. The topological polar surface area (TPSA) is 55.8 Å². The van der Waals surface area contributed by atoms with Gasteiger partial charge < -0.3 is 14.6 Å². The summed E-state index contributed by atoms with van der Waals surface area (Å²) in [5.74, 6) is 1.21. The average molecular weight is 375 g/mol. The Bertz CT molecular complexity index is 668. The molecule has 150 valence electrons. The van der Waals surface area contributed by atoms with Crippen molar-refractivity contribution in [3.63, 3.8) is 0 Å². The summed E-state index contributed by atoms with van der Waals surface area (Å²) in [4.78, 5) is 10.9. The lowest BCUT2D eigenvalue weighted by Gasteiger charge is -2.50. The molecule has 0 saturated carbocycles. The Morgan fingerprint density at radius 1 is 1.33 bits per heavy atom. The van der Waals surface area contributed by atoms with E-state index in [1.54, 1.807) is 0 Å². The number of benzene rings is 1. The normalized spacial score (nSPS) is 29.7. The first-order valence-corrected chi connectivity index (χ1v) is 10.5. The number of carbonyl (C=O) groups is 1. The van der Waals surface area contributed by atoms with E-state index in [1.807, 2.05) is 12.1 Å². The molecule has 0 spiro atoms. The monoisotopic (exact) mass is 374 g/mol. The summed E-state index contributed by atoms with van der Waals surface area (Å²) in [7, 11) is 0. The Balaban J connectivity index is 1.86. The van der Waals surface area contributed by atoms with Crippen LogP contribution in [0.3, 0.4) is 0 Å². The van der Waals surface area contributed by atoms with Gasteiger partial charge in [-0.1, -0.05) is 26.3 Å². The van der Waals surface area contributed by atoms with E-state index in [2.05, 4.69) is 33.8 Å². The number of aryl methyl sites for hydroxylation is 1. The van der Waals surface area contributed by atoms with E-state index in [0.29, 0.717) is 18.3 Å². The molecule has 0 bridgehead atoms. The first kappa shape index (κ1) is 20.2. The number of hydrogen-bond donors (Lipinski definition) is 1. The second-order valence-corrected chi connectivity index (χ2v) is 9.02. The summed E-state index contributed by atoms with van der Waals surface area (Å²) >= 11 is 0. The van der Waals surface area contributed by atoms with Crippen LogP contribution in [0.1, 0.15) is 83.5 Å². The number of carboxylic acids is 1. The lowest BCUT2D eigenvalue weighted by molar-refractivity contribution is -0.152. The molecule has 2 aliphatic rings. The number of ether oxygens (including phenoxy) is 2. The maximum atomic E-state index is 10.9. The summed E-state index contributed by atoms with van der Waals surface area (Å²) in [6.07, 6.45) is 6.60. The van der Waals surface area contributed by atoms with E-state index in [1.165, 1.54) is 12.8 Å². The van der Waals surface area contributed by atoms with Crippen LogP contribution in [0.4, 0.5) is 0 Å². The number of aliphatic carboxylic acids is 1. The smallest absolute Gasteiger partial charge is 0.303 e. The Hall–Kier alpha value is -1.55. The van der Waals surface area contributed by atoms with Gasteiger partial charge in [0.15, 0.2) is 0 Å². The van der Waals surface area contributed by atoms with Gasteiger partial charge in [0.1, 0.15) is 11.4 Å². The minimum atomic E-state index is -0.762. The maximum absolute atomic E-state index is 10.9. The van der Waals surface area contributed by atoms with Crippen LogP contribution in [-0.4, -0.2) is 22.8 Å². The van der Waals surface area contributed by atoms with E-state index >= 15 is 0 Å². The molecular weight excluding hydrogens is 340 g/mol. The number of fused-ring (bicyclic) bond motifs is 3. The van der Waals surface area contributed by atoms with Crippen molar-refractivity contribution >= 4 is 5.97 Å².